The topological polar surface area (TPSA) is 66.6 Å². The number of hydrogen-bond donors (Lipinski definition) is 1. The van der Waals surface area contributed by atoms with Crippen LogP contribution in [0.1, 0.15) is 44.0 Å². The van der Waals surface area contributed by atoms with Crippen molar-refractivity contribution in [3.63, 3.8) is 0 Å². The van der Waals surface area contributed by atoms with Crippen LogP contribution in [-0.4, -0.2) is 39.7 Å². The fraction of sp³-hybridized carbons (Fsp3) is 0.714. The van der Waals surface area contributed by atoms with Gasteiger partial charge in [0, 0.05) is 16.3 Å². The minimum Gasteiger partial charge on any atom is -0.383 e. The van der Waals surface area contributed by atoms with E-state index in [1.54, 1.807) is 6.92 Å². The van der Waals surface area contributed by atoms with Crippen molar-refractivity contribution in [2.24, 2.45) is 0 Å². The molecule has 0 aromatic carbocycles. The summed E-state index contributed by atoms with van der Waals surface area (Å²) in [7, 11) is 0. The highest BCUT2D eigenvalue weighted by Gasteiger charge is 2.53. The van der Waals surface area contributed by atoms with E-state index in [4.69, 9.17) is 0 Å². The molecule has 1 aromatic heterocycles. The molecule has 0 aliphatic carbocycles. The van der Waals surface area contributed by atoms with Gasteiger partial charge in [0.1, 0.15) is 11.6 Å². The van der Waals surface area contributed by atoms with E-state index in [-0.39, 0.29) is 11.0 Å². The number of likely N-dealkylation sites (tertiary alicyclic amines) is 1. The zero-order chi connectivity index (χ0) is 14.8. The zero-order valence-corrected chi connectivity index (χ0v) is 12.8. The number of unbranched alkanes of at least 4 members (excludes halogenated alkanes) is 1. The lowest BCUT2D eigenvalue weighted by atomic mass is 9.82. The predicted octanol–water partition coefficient (Wildman–Crippen LogP) is 2.69. The zero-order valence-electron chi connectivity index (χ0n) is 12.0. The Bertz CT molecular complexity index is 447. The number of piperidine rings is 1. The van der Waals surface area contributed by atoms with Gasteiger partial charge in [-0.25, -0.2) is 0 Å². The fourth-order valence-corrected chi connectivity index (χ4v) is 3.84. The van der Waals surface area contributed by atoms with Crippen LogP contribution >= 0.6 is 11.3 Å². The van der Waals surface area contributed by atoms with Gasteiger partial charge < -0.3 is 5.11 Å². The molecule has 1 fully saturated rings. The molecule has 1 N–H and O–H groups in total. The predicted molar refractivity (Wildman–Crippen MR) is 79.6 cm³/mol. The van der Waals surface area contributed by atoms with E-state index in [0.717, 1.165) is 24.3 Å². The number of nitro groups is 1. The first-order chi connectivity index (χ1) is 9.47. The summed E-state index contributed by atoms with van der Waals surface area (Å²) >= 11 is 1.53. The molecule has 1 aliphatic rings. The maximum absolute atomic E-state index is 11.5. The van der Waals surface area contributed by atoms with Gasteiger partial charge in [-0.1, -0.05) is 19.4 Å². The van der Waals surface area contributed by atoms with Crippen molar-refractivity contribution >= 4 is 11.3 Å². The van der Waals surface area contributed by atoms with Crippen molar-refractivity contribution < 1.29 is 10.0 Å². The molecule has 1 saturated heterocycles. The number of thiophene rings is 1. The molecule has 0 bridgehead atoms. The first-order valence-corrected chi connectivity index (χ1v) is 7.98. The summed E-state index contributed by atoms with van der Waals surface area (Å²) in [6.07, 6.45) is 2.53. The van der Waals surface area contributed by atoms with E-state index in [2.05, 4.69) is 11.8 Å². The van der Waals surface area contributed by atoms with Crippen LogP contribution < -0.4 is 0 Å². The minimum atomic E-state index is -1.25. The van der Waals surface area contributed by atoms with Gasteiger partial charge in [-0.15, -0.1) is 11.3 Å². The number of aliphatic hydroxyl groups is 1. The SMILES string of the molecule is CCCCN1CC[C@](C)(O)[C@H]([N+](=O)[O-])[C@H]1c1cccs1. The second kappa shape index (κ2) is 6.20. The molecule has 112 valence electrons. The monoisotopic (exact) mass is 298 g/mol. The molecule has 1 aromatic rings. The quantitative estimate of drug-likeness (QED) is 0.670. The Morgan fingerprint density at radius 3 is 2.95 bits per heavy atom. The lowest BCUT2D eigenvalue weighted by molar-refractivity contribution is -0.558. The van der Waals surface area contributed by atoms with Crippen molar-refractivity contribution in [3.8, 4) is 0 Å². The third-order valence-electron chi connectivity index (χ3n) is 4.10. The first-order valence-electron chi connectivity index (χ1n) is 7.10. The average Bonchev–Trinajstić information content (AvgIpc) is 2.89. The maximum Gasteiger partial charge on any atom is 0.261 e. The molecular weight excluding hydrogens is 276 g/mol. The Balaban J connectivity index is 2.34. The Kier molecular flexibility index (Phi) is 4.78. The number of nitrogens with zero attached hydrogens (tertiary/aromatic N) is 2. The Morgan fingerprint density at radius 1 is 1.65 bits per heavy atom. The molecule has 0 spiro atoms. The summed E-state index contributed by atoms with van der Waals surface area (Å²) in [4.78, 5) is 14.4. The highest BCUT2D eigenvalue weighted by molar-refractivity contribution is 7.10. The van der Waals surface area contributed by atoms with Gasteiger partial charge in [0.15, 0.2) is 0 Å². The van der Waals surface area contributed by atoms with Gasteiger partial charge >= 0.3 is 0 Å². The van der Waals surface area contributed by atoms with Crippen LogP contribution in [0.3, 0.4) is 0 Å². The molecule has 0 amide bonds. The molecular formula is C14H22N2O3S. The van der Waals surface area contributed by atoms with Crippen molar-refractivity contribution in [2.45, 2.75) is 50.8 Å². The standard InChI is InChI=1S/C14H22N2O3S/c1-3-4-8-15-9-7-14(2,17)13(16(18)19)12(15)11-6-5-10-20-11/h5-6,10,12-13,17H,3-4,7-9H2,1-2H3/t12-,13-,14+/m1/s1. The second-order valence-electron chi connectivity index (χ2n) is 5.69. The summed E-state index contributed by atoms with van der Waals surface area (Å²) < 4.78 is 0. The van der Waals surface area contributed by atoms with Gasteiger partial charge in [0.2, 0.25) is 0 Å². The van der Waals surface area contributed by atoms with Crippen LogP contribution in [0.5, 0.6) is 0 Å². The molecule has 6 heteroatoms. The molecule has 20 heavy (non-hydrogen) atoms. The van der Waals surface area contributed by atoms with E-state index >= 15 is 0 Å². The van der Waals surface area contributed by atoms with Gasteiger partial charge in [0.05, 0.1) is 0 Å². The highest BCUT2D eigenvalue weighted by atomic mass is 32.1. The maximum atomic E-state index is 11.5. The second-order valence-corrected chi connectivity index (χ2v) is 6.67. The van der Waals surface area contributed by atoms with Crippen LogP contribution in [0.4, 0.5) is 0 Å². The number of rotatable bonds is 5. The van der Waals surface area contributed by atoms with Crippen LogP contribution in [0, 0.1) is 10.1 Å². The van der Waals surface area contributed by atoms with Crippen molar-refractivity contribution in [1.82, 2.24) is 4.90 Å². The molecule has 3 atom stereocenters. The molecule has 2 rings (SSSR count). The van der Waals surface area contributed by atoms with Gasteiger partial charge in [-0.3, -0.25) is 15.0 Å². The van der Waals surface area contributed by atoms with Crippen molar-refractivity contribution in [3.05, 3.63) is 32.5 Å². The van der Waals surface area contributed by atoms with Crippen LogP contribution in [0.25, 0.3) is 0 Å². The Labute approximate surface area is 123 Å². The van der Waals surface area contributed by atoms with E-state index in [1.165, 1.54) is 11.3 Å². The van der Waals surface area contributed by atoms with Crippen LogP contribution in [-0.2, 0) is 0 Å². The smallest absolute Gasteiger partial charge is 0.261 e. The fourth-order valence-electron chi connectivity index (χ4n) is 2.95. The van der Waals surface area contributed by atoms with Crippen molar-refractivity contribution in [2.75, 3.05) is 13.1 Å². The summed E-state index contributed by atoms with van der Waals surface area (Å²) in [5.41, 5.74) is -1.25. The lowest BCUT2D eigenvalue weighted by Gasteiger charge is -2.43. The average molecular weight is 298 g/mol. The lowest BCUT2D eigenvalue weighted by Crippen LogP contribution is -2.58. The Hall–Kier alpha value is -0.980. The van der Waals surface area contributed by atoms with Crippen molar-refractivity contribution in [1.29, 1.82) is 0 Å². The molecule has 1 aliphatic heterocycles. The Morgan fingerprint density at radius 2 is 2.40 bits per heavy atom. The van der Waals surface area contributed by atoms with Crippen LogP contribution in [0.2, 0.25) is 0 Å². The first kappa shape index (κ1) is 15.4. The van der Waals surface area contributed by atoms with E-state index < -0.39 is 11.6 Å². The normalized spacial score (nSPS) is 31.4. The highest BCUT2D eigenvalue weighted by Crippen LogP contribution is 2.40. The third kappa shape index (κ3) is 3.02. The van der Waals surface area contributed by atoms with E-state index in [9.17, 15) is 15.2 Å². The summed E-state index contributed by atoms with van der Waals surface area (Å²) in [6, 6.07) is 2.57. The molecule has 5 nitrogen and oxygen atoms in total. The number of hydrogen-bond acceptors (Lipinski definition) is 5. The summed E-state index contributed by atoms with van der Waals surface area (Å²) in [5, 5.41) is 23.9. The third-order valence-corrected chi connectivity index (χ3v) is 5.04. The minimum absolute atomic E-state index is 0.303. The van der Waals surface area contributed by atoms with E-state index in [1.807, 2.05) is 17.5 Å². The van der Waals surface area contributed by atoms with Crippen LogP contribution in [0.15, 0.2) is 17.5 Å². The molecule has 0 radical (unpaired) electrons. The molecule has 0 unspecified atom stereocenters. The van der Waals surface area contributed by atoms with Gasteiger partial charge in [-0.2, -0.15) is 0 Å². The summed E-state index contributed by atoms with van der Waals surface area (Å²) in [6.45, 7) is 5.27. The molecule has 0 saturated carbocycles. The van der Waals surface area contributed by atoms with Gasteiger partial charge in [0.25, 0.3) is 6.04 Å². The molecule has 2 heterocycles. The van der Waals surface area contributed by atoms with Gasteiger partial charge in [-0.05, 0) is 37.8 Å². The van der Waals surface area contributed by atoms with E-state index in [0.29, 0.717) is 13.0 Å². The summed E-state index contributed by atoms with van der Waals surface area (Å²) in [5.74, 6) is 0. The largest absolute Gasteiger partial charge is 0.383 e.